The molecule has 0 amide bonds. The van der Waals surface area contributed by atoms with Gasteiger partial charge in [-0.1, -0.05) is 32.0 Å². The predicted molar refractivity (Wildman–Crippen MR) is 124 cm³/mol. The Morgan fingerprint density at radius 3 is 2.77 bits per heavy atom. The number of nitrogens with one attached hydrogen (secondary N) is 3. The SMILES string of the molecule is CC(C)Oc1ccccc1CNc1nc(NC2CCCNC2)nc2c(C(C)C)cnn12. The van der Waals surface area contributed by atoms with E-state index >= 15 is 0 Å². The molecule has 1 aliphatic heterocycles. The first-order valence-electron chi connectivity index (χ1n) is 11.2. The normalized spacial score (nSPS) is 16.8. The van der Waals surface area contributed by atoms with Crippen molar-refractivity contribution >= 4 is 17.5 Å². The van der Waals surface area contributed by atoms with E-state index < -0.39 is 0 Å². The molecule has 0 spiro atoms. The molecule has 166 valence electrons. The van der Waals surface area contributed by atoms with E-state index in [9.17, 15) is 0 Å². The zero-order chi connectivity index (χ0) is 21.8. The van der Waals surface area contributed by atoms with E-state index in [-0.39, 0.29) is 6.10 Å². The van der Waals surface area contributed by atoms with Gasteiger partial charge in [0.25, 0.3) is 0 Å². The quantitative estimate of drug-likeness (QED) is 0.508. The van der Waals surface area contributed by atoms with Crippen molar-refractivity contribution in [2.75, 3.05) is 23.7 Å². The molecule has 31 heavy (non-hydrogen) atoms. The molecular formula is C23H33N7O. The lowest BCUT2D eigenvalue weighted by Gasteiger charge is -2.24. The molecule has 0 radical (unpaired) electrons. The summed E-state index contributed by atoms with van der Waals surface area (Å²) >= 11 is 0. The van der Waals surface area contributed by atoms with Crippen LogP contribution in [0.1, 0.15) is 57.6 Å². The fraction of sp³-hybridized carbons (Fsp3) is 0.522. The van der Waals surface area contributed by atoms with Crippen molar-refractivity contribution in [1.29, 1.82) is 0 Å². The first-order chi connectivity index (χ1) is 15.0. The van der Waals surface area contributed by atoms with Crippen molar-refractivity contribution in [2.45, 2.75) is 65.1 Å². The number of hydrogen-bond acceptors (Lipinski definition) is 7. The van der Waals surface area contributed by atoms with E-state index in [1.165, 1.54) is 0 Å². The minimum absolute atomic E-state index is 0.117. The lowest BCUT2D eigenvalue weighted by Crippen LogP contribution is -2.38. The smallest absolute Gasteiger partial charge is 0.229 e. The van der Waals surface area contributed by atoms with Crippen molar-refractivity contribution in [1.82, 2.24) is 24.9 Å². The topological polar surface area (TPSA) is 88.4 Å². The summed E-state index contributed by atoms with van der Waals surface area (Å²) in [7, 11) is 0. The number of para-hydroxylation sites is 1. The fourth-order valence-electron chi connectivity index (χ4n) is 3.83. The van der Waals surface area contributed by atoms with E-state index in [0.29, 0.717) is 30.4 Å². The summed E-state index contributed by atoms with van der Waals surface area (Å²) in [5.41, 5.74) is 3.02. The van der Waals surface area contributed by atoms with Gasteiger partial charge in [0.05, 0.1) is 12.3 Å². The molecule has 8 heteroatoms. The molecular weight excluding hydrogens is 390 g/mol. The Labute approximate surface area is 183 Å². The summed E-state index contributed by atoms with van der Waals surface area (Å²) in [6, 6.07) is 8.41. The second-order valence-corrected chi connectivity index (χ2v) is 8.68. The summed E-state index contributed by atoms with van der Waals surface area (Å²) in [6.45, 7) is 11.0. The molecule has 1 aromatic carbocycles. The first kappa shape index (κ1) is 21.4. The molecule has 1 atom stereocenters. The highest BCUT2D eigenvalue weighted by Gasteiger charge is 2.18. The second kappa shape index (κ2) is 9.51. The maximum atomic E-state index is 5.97. The zero-order valence-corrected chi connectivity index (χ0v) is 18.9. The number of benzene rings is 1. The van der Waals surface area contributed by atoms with Crippen molar-refractivity contribution in [3.8, 4) is 5.75 Å². The van der Waals surface area contributed by atoms with Gasteiger partial charge in [-0.15, -0.1) is 0 Å². The minimum atomic E-state index is 0.117. The van der Waals surface area contributed by atoms with Crippen LogP contribution in [0.2, 0.25) is 0 Å². The molecule has 3 aromatic rings. The molecule has 2 aromatic heterocycles. The molecule has 0 saturated carbocycles. The number of piperidine rings is 1. The minimum Gasteiger partial charge on any atom is -0.491 e. The highest BCUT2D eigenvalue weighted by Crippen LogP contribution is 2.24. The molecule has 3 N–H and O–H groups in total. The van der Waals surface area contributed by atoms with Crippen molar-refractivity contribution in [2.24, 2.45) is 0 Å². The molecule has 4 rings (SSSR count). The third-order valence-electron chi connectivity index (χ3n) is 5.42. The average molecular weight is 424 g/mol. The van der Waals surface area contributed by atoms with Crippen LogP contribution in [0.4, 0.5) is 11.9 Å². The molecule has 0 aliphatic carbocycles. The van der Waals surface area contributed by atoms with Gasteiger partial charge >= 0.3 is 0 Å². The molecule has 1 unspecified atom stereocenters. The van der Waals surface area contributed by atoms with Gasteiger partial charge in [-0.2, -0.15) is 19.6 Å². The Morgan fingerprint density at radius 1 is 1.19 bits per heavy atom. The fourth-order valence-corrected chi connectivity index (χ4v) is 3.83. The summed E-state index contributed by atoms with van der Waals surface area (Å²) in [4.78, 5) is 9.58. The monoisotopic (exact) mass is 423 g/mol. The van der Waals surface area contributed by atoms with Gasteiger partial charge in [0.1, 0.15) is 5.75 Å². The van der Waals surface area contributed by atoms with E-state index in [1.54, 1.807) is 4.52 Å². The Morgan fingerprint density at radius 2 is 2.03 bits per heavy atom. The third kappa shape index (κ3) is 5.07. The molecule has 8 nitrogen and oxygen atoms in total. The molecule has 1 fully saturated rings. The predicted octanol–water partition coefficient (Wildman–Crippen LogP) is 3.81. The summed E-state index contributed by atoms with van der Waals surface area (Å²) in [5, 5.41) is 15.0. The van der Waals surface area contributed by atoms with Gasteiger partial charge in [-0.05, 0) is 45.2 Å². The number of aromatic nitrogens is 4. The maximum Gasteiger partial charge on any atom is 0.229 e. The third-order valence-corrected chi connectivity index (χ3v) is 5.42. The van der Waals surface area contributed by atoms with Gasteiger partial charge < -0.3 is 20.7 Å². The Kier molecular flexibility index (Phi) is 6.56. The Bertz CT molecular complexity index is 1010. The lowest BCUT2D eigenvalue weighted by atomic mass is 10.1. The van der Waals surface area contributed by atoms with Crippen LogP contribution in [-0.2, 0) is 6.54 Å². The van der Waals surface area contributed by atoms with Crippen molar-refractivity contribution in [3.05, 3.63) is 41.6 Å². The zero-order valence-electron chi connectivity index (χ0n) is 18.9. The van der Waals surface area contributed by atoms with Crippen LogP contribution in [-0.4, -0.2) is 44.8 Å². The van der Waals surface area contributed by atoms with Crippen LogP contribution >= 0.6 is 0 Å². The molecule has 1 saturated heterocycles. The Hall–Kier alpha value is -2.87. The van der Waals surface area contributed by atoms with E-state index in [4.69, 9.17) is 14.7 Å². The van der Waals surface area contributed by atoms with Crippen LogP contribution in [0.25, 0.3) is 5.65 Å². The number of rotatable bonds is 8. The summed E-state index contributed by atoms with van der Waals surface area (Å²) in [6.07, 6.45) is 4.27. The maximum absolute atomic E-state index is 5.97. The number of fused-ring (bicyclic) bond motifs is 1. The molecule has 3 heterocycles. The van der Waals surface area contributed by atoms with Gasteiger partial charge in [0, 0.05) is 30.3 Å². The van der Waals surface area contributed by atoms with Gasteiger partial charge in [0.15, 0.2) is 5.65 Å². The molecule has 0 bridgehead atoms. The van der Waals surface area contributed by atoms with Crippen molar-refractivity contribution < 1.29 is 4.74 Å². The first-order valence-corrected chi connectivity index (χ1v) is 11.2. The van der Waals surface area contributed by atoms with E-state index in [2.05, 4.69) is 41.0 Å². The molecule has 1 aliphatic rings. The number of ether oxygens (including phenoxy) is 1. The Balaban J connectivity index is 1.63. The van der Waals surface area contributed by atoms with Crippen LogP contribution < -0.4 is 20.7 Å². The van der Waals surface area contributed by atoms with E-state index in [0.717, 1.165) is 48.5 Å². The summed E-state index contributed by atoms with van der Waals surface area (Å²) < 4.78 is 7.76. The van der Waals surface area contributed by atoms with Crippen LogP contribution in [0.15, 0.2) is 30.5 Å². The average Bonchev–Trinajstić information content (AvgIpc) is 3.18. The number of nitrogens with zero attached hydrogens (tertiary/aromatic N) is 4. The van der Waals surface area contributed by atoms with E-state index in [1.807, 2.05) is 38.2 Å². The van der Waals surface area contributed by atoms with Crippen LogP contribution in [0.3, 0.4) is 0 Å². The van der Waals surface area contributed by atoms with Crippen LogP contribution in [0, 0.1) is 0 Å². The highest BCUT2D eigenvalue weighted by molar-refractivity contribution is 5.56. The lowest BCUT2D eigenvalue weighted by molar-refractivity contribution is 0.240. The van der Waals surface area contributed by atoms with Gasteiger partial charge in [0.2, 0.25) is 11.9 Å². The standard InChI is InChI=1S/C23H33N7O/c1-15(2)19-14-26-30-21(19)28-22(27-18-9-7-11-24-13-18)29-23(30)25-12-17-8-5-6-10-20(17)31-16(3)4/h5-6,8,10,14-16,18,24H,7,9,11-13H2,1-4H3,(H2,25,27,28,29). The largest absolute Gasteiger partial charge is 0.491 e. The summed E-state index contributed by atoms with van der Waals surface area (Å²) in [5.74, 6) is 2.51. The van der Waals surface area contributed by atoms with Crippen LogP contribution in [0.5, 0.6) is 5.75 Å². The van der Waals surface area contributed by atoms with Gasteiger partial charge in [-0.25, -0.2) is 0 Å². The number of hydrogen-bond donors (Lipinski definition) is 3. The van der Waals surface area contributed by atoms with Crippen molar-refractivity contribution in [3.63, 3.8) is 0 Å². The number of anilines is 2. The van der Waals surface area contributed by atoms with Gasteiger partial charge in [-0.3, -0.25) is 0 Å². The second-order valence-electron chi connectivity index (χ2n) is 8.68. The highest BCUT2D eigenvalue weighted by atomic mass is 16.5.